The minimum absolute atomic E-state index is 0.0792. The molecule has 3 N–H and O–H groups in total. The van der Waals surface area contributed by atoms with E-state index in [2.05, 4.69) is 5.32 Å². The Labute approximate surface area is 193 Å². The third-order valence-corrected chi connectivity index (χ3v) is 6.25. The molecule has 1 aliphatic carbocycles. The number of hydrogen-bond acceptors (Lipinski definition) is 4. The standard InChI is InChI=1S/C24H20INO5/c25-20-11-14(9-10-22(20)27)12-21(23(28)29)26-24(30)31-13-19-17-7-3-1-5-15(17)16-6-2-4-8-18(16)19/h1-11,19,21,27H,12-13H2,(H,26,30)(H,28,29)/t21-/m0/s1. The van der Waals surface area contributed by atoms with Crippen molar-refractivity contribution in [3.63, 3.8) is 0 Å². The van der Waals surface area contributed by atoms with Crippen molar-refractivity contribution < 1.29 is 24.5 Å². The minimum atomic E-state index is -1.16. The molecule has 6 nitrogen and oxygen atoms in total. The second-order valence-corrected chi connectivity index (χ2v) is 8.51. The molecule has 7 heteroatoms. The number of amides is 1. The highest BCUT2D eigenvalue weighted by atomic mass is 127. The molecule has 0 aliphatic heterocycles. The molecule has 1 amide bonds. The van der Waals surface area contributed by atoms with Crippen LogP contribution in [0.5, 0.6) is 5.75 Å². The number of hydrogen-bond donors (Lipinski definition) is 3. The van der Waals surface area contributed by atoms with Crippen molar-refractivity contribution in [2.45, 2.75) is 18.4 Å². The normalized spacial score (nSPS) is 13.2. The number of aromatic hydroxyl groups is 1. The van der Waals surface area contributed by atoms with Crippen LogP contribution < -0.4 is 5.32 Å². The number of ether oxygens (including phenoxy) is 1. The van der Waals surface area contributed by atoms with E-state index >= 15 is 0 Å². The van der Waals surface area contributed by atoms with E-state index in [4.69, 9.17) is 4.74 Å². The highest BCUT2D eigenvalue weighted by Crippen LogP contribution is 2.44. The summed E-state index contributed by atoms with van der Waals surface area (Å²) >= 11 is 1.97. The largest absolute Gasteiger partial charge is 0.507 e. The highest BCUT2D eigenvalue weighted by Gasteiger charge is 2.29. The summed E-state index contributed by atoms with van der Waals surface area (Å²) in [5.41, 5.74) is 5.11. The zero-order chi connectivity index (χ0) is 22.0. The number of halogens is 1. The monoisotopic (exact) mass is 529 g/mol. The predicted molar refractivity (Wildman–Crippen MR) is 124 cm³/mol. The number of rotatable bonds is 6. The number of fused-ring (bicyclic) bond motifs is 3. The molecular weight excluding hydrogens is 509 g/mol. The SMILES string of the molecule is O=C(N[C@@H](Cc1ccc(O)c(I)c1)C(=O)O)OCC1c2ccccc2-c2ccccc21. The van der Waals surface area contributed by atoms with Crippen molar-refractivity contribution in [2.24, 2.45) is 0 Å². The Bertz CT molecular complexity index is 1100. The zero-order valence-corrected chi connectivity index (χ0v) is 18.6. The second kappa shape index (κ2) is 8.97. The number of phenolic OH excluding ortho intramolecular Hbond substituents is 1. The quantitative estimate of drug-likeness (QED) is 0.408. The van der Waals surface area contributed by atoms with Gasteiger partial charge < -0.3 is 20.3 Å². The smallest absolute Gasteiger partial charge is 0.407 e. The van der Waals surface area contributed by atoms with Crippen LogP contribution in [-0.4, -0.2) is 34.9 Å². The third-order valence-electron chi connectivity index (χ3n) is 5.39. The summed E-state index contributed by atoms with van der Waals surface area (Å²) in [6.07, 6.45) is -0.696. The molecule has 0 heterocycles. The number of phenols is 1. The fraction of sp³-hybridized carbons (Fsp3) is 0.167. The Morgan fingerprint density at radius 2 is 1.61 bits per heavy atom. The summed E-state index contributed by atoms with van der Waals surface area (Å²) in [7, 11) is 0. The van der Waals surface area contributed by atoms with Gasteiger partial charge in [-0.1, -0.05) is 54.6 Å². The van der Waals surface area contributed by atoms with Crippen LogP contribution in [0.1, 0.15) is 22.6 Å². The van der Waals surface area contributed by atoms with Crippen LogP contribution in [0.3, 0.4) is 0 Å². The average molecular weight is 529 g/mol. The molecule has 0 bridgehead atoms. The van der Waals surface area contributed by atoms with E-state index in [1.165, 1.54) is 6.07 Å². The lowest BCUT2D eigenvalue weighted by molar-refractivity contribution is -0.139. The Hall–Kier alpha value is -3.07. The molecule has 158 valence electrons. The number of nitrogens with one attached hydrogen (secondary N) is 1. The molecular formula is C24H20INO5. The van der Waals surface area contributed by atoms with Crippen molar-refractivity contribution in [2.75, 3.05) is 6.61 Å². The molecule has 1 atom stereocenters. The van der Waals surface area contributed by atoms with Crippen molar-refractivity contribution in [3.8, 4) is 16.9 Å². The summed E-state index contributed by atoms with van der Waals surface area (Å²) in [4.78, 5) is 24.1. The molecule has 3 aromatic carbocycles. The maximum Gasteiger partial charge on any atom is 0.407 e. The maximum atomic E-state index is 12.4. The van der Waals surface area contributed by atoms with Crippen LogP contribution in [-0.2, 0) is 16.0 Å². The van der Waals surface area contributed by atoms with Crippen molar-refractivity contribution in [1.82, 2.24) is 5.32 Å². The van der Waals surface area contributed by atoms with Crippen LogP contribution in [0, 0.1) is 3.57 Å². The van der Waals surface area contributed by atoms with Gasteiger partial charge in [-0.2, -0.15) is 0 Å². The summed E-state index contributed by atoms with van der Waals surface area (Å²) in [6, 6.07) is 19.7. The lowest BCUT2D eigenvalue weighted by Crippen LogP contribution is -2.42. The summed E-state index contributed by atoms with van der Waals surface area (Å²) in [5.74, 6) is -1.13. The van der Waals surface area contributed by atoms with E-state index in [1.54, 1.807) is 12.1 Å². The lowest BCUT2D eigenvalue weighted by Gasteiger charge is -2.17. The van der Waals surface area contributed by atoms with Crippen LogP contribution in [0.4, 0.5) is 4.79 Å². The molecule has 1 aliphatic rings. The molecule has 0 saturated heterocycles. The molecule has 0 saturated carbocycles. The first-order valence-electron chi connectivity index (χ1n) is 9.75. The van der Waals surface area contributed by atoms with Crippen LogP contribution >= 0.6 is 22.6 Å². The van der Waals surface area contributed by atoms with Gasteiger partial charge in [-0.15, -0.1) is 0 Å². The van der Waals surface area contributed by atoms with E-state index < -0.39 is 18.1 Å². The number of aliphatic carboxylic acids is 1. The summed E-state index contributed by atoms with van der Waals surface area (Å²) < 4.78 is 6.06. The first-order valence-corrected chi connectivity index (χ1v) is 10.8. The molecule has 4 rings (SSSR count). The highest BCUT2D eigenvalue weighted by molar-refractivity contribution is 14.1. The number of carboxylic acids is 1. The fourth-order valence-corrected chi connectivity index (χ4v) is 4.48. The van der Waals surface area contributed by atoms with Gasteiger partial charge in [0.1, 0.15) is 18.4 Å². The Morgan fingerprint density at radius 1 is 1.00 bits per heavy atom. The molecule has 0 aromatic heterocycles. The Balaban J connectivity index is 1.43. The topological polar surface area (TPSA) is 95.9 Å². The van der Waals surface area contributed by atoms with Gasteiger partial charge in [0.2, 0.25) is 0 Å². The van der Waals surface area contributed by atoms with Gasteiger partial charge in [0.25, 0.3) is 0 Å². The van der Waals surface area contributed by atoms with Crippen molar-refractivity contribution >= 4 is 34.7 Å². The average Bonchev–Trinajstić information content (AvgIpc) is 3.08. The van der Waals surface area contributed by atoms with Crippen LogP contribution in [0.2, 0.25) is 0 Å². The molecule has 0 unspecified atom stereocenters. The van der Waals surface area contributed by atoms with Gasteiger partial charge >= 0.3 is 12.1 Å². The van der Waals surface area contributed by atoms with Crippen LogP contribution in [0.25, 0.3) is 11.1 Å². The summed E-state index contributed by atoms with van der Waals surface area (Å²) in [5, 5.41) is 21.6. The molecule has 31 heavy (non-hydrogen) atoms. The zero-order valence-electron chi connectivity index (χ0n) is 16.4. The third kappa shape index (κ3) is 4.51. The first kappa shape index (κ1) is 21.2. The second-order valence-electron chi connectivity index (χ2n) is 7.35. The lowest BCUT2D eigenvalue weighted by atomic mass is 9.98. The van der Waals surface area contributed by atoms with E-state index in [0.717, 1.165) is 22.3 Å². The van der Waals surface area contributed by atoms with Gasteiger partial charge in [-0.25, -0.2) is 9.59 Å². The summed E-state index contributed by atoms with van der Waals surface area (Å²) in [6.45, 7) is 0.114. The molecule has 0 radical (unpaired) electrons. The number of carbonyl (C=O) groups excluding carboxylic acids is 1. The Morgan fingerprint density at radius 3 is 2.19 bits per heavy atom. The van der Waals surface area contributed by atoms with Crippen molar-refractivity contribution in [3.05, 3.63) is 87.0 Å². The molecule has 3 aromatic rings. The van der Waals surface area contributed by atoms with E-state index in [0.29, 0.717) is 9.13 Å². The van der Waals surface area contributed by atoms with Gasteiger partial charge in [-0.05, 0) is 62.5 Å². The van der Waals surface area contributed by atoms with Gasteiger partial charge in [0.05, 0.1) is 3.57 Å². The molecule has 0 fully saturated rings. The van der Waals surface area contributed by atoms with Gasteiger partial charge in [0.15, 0.2) is 0 Å². The van der Waals surface area contributed by atoms with E-state index in [1.807, 2.05) is 71.1 Å². The van der Waals surface area contributed by atoms with Crippen molar-refractivity contribution in [1.29, 1.82) is 0 Å². The van der Waals surface area contributed by atoms with Gasteiger partial charge in [-0.3, -0.25) is 0 Å². The number of alkyl carbamates (subject to hydrolysis) is 1. The molecule has 0 spiro atoms. The number of carbonyl (C=O) groups is 2. The fourth-order valence-electron chi connectivity index (χ4n) is 3.90. The number of carboxylic acid groups (broad SMARTS) is 1. The predicted octanol–water partition coefficient (Wildman–Crippen LogP) is 4.53. The van der Waals surface area contributed by atoms with E-state index in [-0.39, 0.29) is 24.7 Å². The van der Waals surface area contributed by atoms with Gasteiger partial charge in [0, 0.05) is 12.3 Å². The van der Waals surface area contributed by atoms with Crippen LogP contribution in [0.15, 0.2) is 66.7 Å². The first-order chi connectivity index (χ1) is 14.9. The minimum Gasteiger partial charge on any atom is -0.507 e. The van der Waals surface area contributed by atoms with E-state index in [9.17, 15) is 19.8 Å². The Kier molecular flexibility index (Phi) is 6.13. The number of benzene rings is 3. The maximum absolute atomic E-state index is 12.4.